The van der Waals surface area contributed by atoms with Gasteiger partial charge in [0, 0.05) is 84.4 Å². The fourth-order valence-electron chi connectivity index (χ4n) is 12.9. The smallest absolute Gasteiger partial charge is 0.449 e. The molecule has 4 aliphatic rings. The van der Waals surface area contributed by atoms with Crippen molar-refractivity contribution in [3.63, 3.8) is 0 Å². The molecule has 17 N–H and O–H groups in total. The van der Waals surface area contributed by atoms with Gasteiger partial charge in [-0.25, -0.2) is 38.0 Å². The SMILES string of the molecule is CCN1\C(=C/C=C/C=C/C2=[N+](CCCCCC(=O)NC(CSSCCCOC(=O)Nc3nc(N)nc4c3ncn4[C@@H]3C[C@H](O)[C@@H](COP(=O)(O)OP(=O)(O)OP(=O)(O)O)O3)C(=O)NCC#Cc3cn(C4CC(O)C(OP(=O)(O)O)O4)c4ncnc(N)c34)c3ccc(S(=O)(=O)O)cc3C2(C)C)C(C)(C)c2cc(S(=O)(=O)O)ccc21. The van der Waals surface area contributed by atoms with Crippen molar-refractivity contribution in [3.05, 3.63) is 108 Å². The summed E-state index contributed by atoms with van der Waals surface area (Å²) < 4.78 is 154. The van der Waals surface area contributed by atoms with E-state index in [4.69, 9.17) is 35.5 Å². The van der Waals surface area contributed by atoms with Gasteiger partial charge in [-0.1, -0.05) is 65.5 Å². The van der Waals surface area contributed by atoms with Gasteiger partial charge in [-0.15, -0.1) is 0 Å². The topological polar surface area (TPSA) is 623 Å². The number of ether oxygens (including phenoxy) is 3. The summed E-state index contributed by atoms with van der Waals surface area (Å²) in [6.07, 6.45) is 5.30. The maximum atomic E-state index is 14.1. The average molecular weight is 1730 g/mol. The van der Waals surface area contributed by atoms with Gasteiger partial charge in [-0.05, 0) is 82.0 Å². The van der Waals surface area contributed by atoms with Crippen LogP contribution >= 0.6 is 52.9 Å². The normalized spacial score (nSPS) is 21.4. The van der Waals surface area contributed by atoms with Crippen LogP contribution in [0.15, 0.2) is 101 Å². The molecule has 3 amide bonds. The maximum Gasteiger partial charge on any atom is 0.490 e. The second kappa shape index (κ2) is 35.6. The van der Waals surface area contributed by atoms with E-state index in [9.17, 15) is 88.4 Å². The Hall–Kier alpha value is -7.45. The van der Waals surface area contributed by atoms with Crippen molar-refractivity contribution < 1.29 is 135 Å². The maximum absolute atomic E-state index is 14.1. The molecule has 0 radical (unpaired) electrons. The predicted molar refractivity (Wildman–Crippen MR) is 406 cm³/mol. The van der Waals surface area contributed by atoms with Crippen LogP contribution in [-0.2, 0) is 90.8 Å². The summed E-state index contributed by atoms with van der Waals surface area (Å²) in [6, 6.07) is 7.77. The van der Waals surface area contributed by atoms with E-state index >= 15 is 0 Å². The summed E-state index contributed by atoms with van der Waals surface area (Å²) in [6.45, 7) is 9.35. The highest BCUT2D eigenvalue weighted by Gasteiger charge is 2.47. The number of amides is 3. The number of nitrogens with one attached hydrogen (secondary N) is 3. The van der Waals surface area contributed by atoms with Gasteiger partial charge in [0.25, 0.3) is 20.2 Å². The number of nitrogen functional groups attached to an aromatic ring is 2. The van der Waals surface area contributed by atoms with E-state index in [-0.39, 0.29) is 99.7 Å². The minimum absolute atomic E-state index is 0.00403. The number of phosphoric acid groups is 4. The molecule has 2 fully saturated rings. The molecule has 6 unspecified atom stereocenters. The van der Waals surface area contributed by atoms with E-state index < -0.39 is 130 Å². The van der Waals surface area contributed by atoms with Crippen LogP contribution in [0.2, 0.25) is 0 Å². The number of imidazole rings is 1. The minimum Gasteiger partial charge on any atom is -0.449 e. The van der Waals surface area contributed by atoms with Crippen molar-refractivity contribution in [2.24, 2.45) is 0 Å². The molecule has 0 aliphatic carbocycles. The molecule has 2 aromatic carbocycles. The first-order chi connectivity index (χ1) is 52.8. The number of aliphatic hydroxyl groups excluding tert-OH is 2. The number of carbonyl (C=O) groups excluding carboxylic acids is 3. The van der Waals surface area contributed by atoms with Crippen molar-refractivity contribution in [1.82, 2.24) is 44.7 Å². The van der Waals surface area contributed by atoms with Gasteiger partial charge in [0.2, 0.25) is 23.5 Å². The molecule has 2 saturated heterocycles. The molecule has 4 aromatic heterocycles. The lowest BCUT2D eigenvalue weighted by Gasteiger charge is -2.25. The molecule has 9 atom stereocenters. The molecule has 8 heterocycles. The zero-order valence-corrected chi connectivity index (χ0v) is 67.3. The number of nitrogens with zero attached hydrogens (tertiary/aromatic N) is 9. The highest BCUT2D eigenvalue weighted by Crippen LogP contribution is 2.66. The first kappa shape index (κ1) is 87.9. The number of hydrogen-bond donors (Lipinski definition) is 15. The summed E-state index contributed by atoms with van der Waals surface area (Å²) in [5.41, 5.74) is 15.7. The number of carbonyl (C=O) groups is 3. The number of rotatable bonds is 34. The summed E-state index contributed by atoms with van der Waals surface area (Å²) in [5.74, 6) is 4.50. The Morgan fingerprint density at radius 1 is 0.805 bits per heavy atom. The summed E-state index contributed by atoms with van der Waals surface area (Å²) >= 11 is 0. The van der Waals surface area contributed by atoms with Gasteiger partial charge in [-0.3, -0.25) is 37.6 Å². The number of aliphatic hydroxyl groups is 2. The van der Waals surface area contributed by atoms with Crippen LogP contribution in [-0.4, -0.2) is 203 Å². The van der Waals surface area contributed by atoms with Crippen molar-refractivity contribution >= 4 is 148 Å². The predicted octanol–water partition coefficient (Wildman–Crippen LogP) is 5.36. The molecule has 6 aromatic rings. The standard InChI is InChI=1S/C63H80N14O28P4S4/c1-6-74-42-21-19-37(112(93,94)95)27-39(42)62(2,3)47(74)16-9-7-10-17-48-63(4,5)40-28-38(113(96,97)98)20-22-43(40)75(48)24-12-8-11-18-49(80)70-41(58(81)66-23-13-15-36-31-76(56-52(36)54(64)67-34-68-56)50-30-45(79)59(102-50)103-106(83,84)85)33-111-110-26-14-25-99-61(82)72-55-53-57(73-60(65)71-55)77(35-69-53)51-29-44(78)46(101-51)32-100-108(89,90)105-109(91,92)104-107(86,87)88/h7,9-10,16-17,19-22,27-28,31,34-35,41,44-46,50-51,59,78-79H,6,8,11-12,14,18,23-26,29-30,32-33H2,1-5H3,(H14-,64,65,66,67,68,70,71,72,73,80,81,82,83,84,85,86,87,88,89,90,91,92,93,94,95,96,97,98)/p+1/t41?,44-,45?,46+,50?,51-,59?/m0/s1. The molecule has 0 saturated carbocycles. The third kappa shape index (κ3) is 22.0. The summed E-state index contributed by atoms with van der Waals surface area (Å²) in [5, 5.41) is 29.5. The summed E-state index contributed by atoms with van der Waals surface area (Å²) in [7, 11) is -28.7. The molecule has 50 heteroatoms. The molecule has 0 spiro atoms. The lowest BCUT2D eigenvalue weighted by molar-refractivity contribution is -0.438. The van der Waals surface area contributed by atoms with Gasteiger partial charge >= 0.3 is 37.4 Å². The van der Waals surface area contributed by atoms with Crippen LogP contribution < -0.4 is 32.3 Å². The number of phosphoric ester groups is 2. The Balaban J connectivity index is 0.765. The first-order valence-electron chi connectivity index (χ1n) is 34.1. The number of unbranched alkanes of at least 4 members (excludes halogenated alkanes) is 2. The largest absolute Gasteiger partial charge is 0.490 e. The minimum atomic E-state index is -5.83. The van der Waals surface area contributed by atoms with E-state index in [1.165, 1.54) is 73.8 Å². The monoisotopic (exact) mass is 1730 g/mol. The number of allylic oxidation sites excluding steroid dienone is 6. The van der Waals surface area contributed by atoms with E-state index in [1.54, 1.807) is 12.1 Å². The van der Waals surface area contributed by atoms with E-state index in [0.717, 1.165) is 22.7 Å². The Kier molecular flexibility index (Phi) is 27.7. The second-order valence-electron chi connectivity index (χ2n) is 26.6. The molecule has 614 valence electrons. The average Bonchev–Trinajstić information content (AvgIpc) is 1.59. The first-order valence-corrected chi connectivity index (χ1v) is 45.5. The van der Waals surface area contributed by atoms with E-state index in [1.807, 2.05) is 69.6 Å². The van der Waals surface area contributed by atoms with Crippen LogP contribution in [0, 0.1) is 11.8 Å². The molecule has 42 nitrogen and oxygen atoms in total. The Morgan fingerprint density at radius 3 is 2.20 bits per heavy atom. The molecular formula is C63H81N14O28P4S4+. The lowest BCUT2D eigenvalue weighted by atomic mass is 9.81. The van der Waals surface area contributed by atoms with Crippen LogP contribution in [0.3, 0.4) is 0 Å². The van der Waals surface area contributed by atoms with Crippen LogP contribution in [0.25, 0.3) is 22.2 Å². The molecule has 10 rings (SSSR count). The number of aromatic nitrogens is 7. The molecular weight excluding hydrogens is 1650 g/mol. The number of hydrogen-bond acceptors (Lipinski definition) is 30. The highest BCUT2D eigenvalue weighted by atomic mass is 33.1. The lowest BCUT2D eigenvalue weighted by Crippen LogP contribution is -2.48. The number of likely N-dealkylation sites (N-methyl/N-ethyl adjacent to an activating group) is 1. The Bertz CT molecular complexity index is 5300. The van der Waals surface area contributed by atoms with Gasteiger partial charge < -0.3 is 85.4 Å². The highest BCUT2D eigenvalue weighted by molar-refractivity contribution is 8.76. The van der Waals surface area contributed by atoms with Crippen LogP contribution in [0.1, 0.15) is 109 Å². The second-order valence-corrected chi connectivity index (χ2v) is 37.7. The Morgan fingerprint density at radius 2 is 1.50 bits per heavy atom. The van der Waals surface area contributed by atoms with Crippen LogP contribution in [0.5, 0.6) is 0 Å². The third-order valence-electron chi connectivity index (χ3n) is 18.0. The molecule has 4 aliphatic heterocycles. The van der Waals surface area contributed by atoms with Crippen molar-refractivity contribution in [2.45, 2.75) is 143 Å². The zero-order chi connectivity index (χ0) is 82.6. The Labute approximate surface area is 652 Å². The third-order valence-corrected chi connectivity index (χ3v) is 26.5. The van der Waals surface area contributed by atoms with Crippen molar-refractivity contribution in [3.8, 4) is 11.8 Å². The number of anilines is 4. The van der Waals surface area contributed by atoms with Gasteiger partial charge in [0.05, 0.1) is 58.3 Å². The number of nitrogens with two attached hydrogens (primary N) is 2. The van der Waals surface area contributed by atoms with Crippen molar-refractivity contribution in [1.29, 1.82) is 0 Å². The number of fused-ring (bicyclic) bond motifs is 4. The van der Waals surface area contributed by atoms with E-state index in [0.29, 0.717) is 49.4 Å². The van der Waals surface area contributed by atoms with Gasteiger partial charge in [0.1, 0.15) is 55.0 Å². The quantitative estimate of drug-likeness (QED) is 0.00460. The number of benzene rings is 2. The van der Waals surface area contributed by atoms with Gasteiger partial charge in [-0.2, -0.15) is 40.0 Å². The molecule has 113 heavy (non-hydrogen) atoms. The summed E-state index contributed by atoms with van der Waals surface area (Å²) in [4.78, 5) is 119. The fourth-order valence-corrected chi connectivity index (χ4v) is 19.7. The zero-order valence-electron chi connectivity index (χ0n) is 60.4. The van der Waals surface area contributed by atoms with Crippen LogP contribution in [0.4, 0.5) is 33.8 Å². The van der Waals surface area contributed by atoms with Crippen molar-refractivity contribution in [2.75, 3.05) is 66.0 Å². The molecule has 0 bridgehead atoms. The van der Waals surface area contributed by atoms with E-state index in [2.05, 4.69) is 75.3 Å². The fraction of sp³-hybridized carbons (Fsp3) is 0.444. The van der Waals surface area contributed by atoms with Gasteiger partial charge in [0.15, 0.2) is 29.0 Å².